The van der Waals surface area contributed by atoms with Crippen molar-refractivity contribution in [1.82, 2.24) is 5.32 Å². The first-order valence-electron chi connectivity index (χ1n) is 11.3. The fourth-order valence-electron chi connectivity index (χ4n) is 3.85. The summed E-state index contributed by atoms with van der Waals surface area (Å²) in [5, 5.41) is 6.23. The third-order valence-electron chi connectivity index (χ3n) is 5.80. The smallest absolute Gasteiger partial charge is 0.262 e. The number of ether oxygens (including phenoxy) is 1. The molecule has 4 rings (SSSR count). The summed E-state index contributed by atoms with van der Waals surface area (Å²) in [6, 6.07) is 21.8. The molecule has 0 radical (unpaired) electrons. The van der Waals surface area contributed by atoms with Gasteiger partial charge < -0.3 is 20.3 Å². The van der Waals surface area contributed by atoms with Crippen LogP contribution in [0, 0.1) is 12.8 Å². The Morgan fingerprint density at radius 2 is 1.80 bits per heavy atom. The number of benzene rings is 3. The van der Waals surface area contributed by atoms with Gasteiger partial charge in [0, 0.05) is 35.9 Å². The second-order valence-corrected chi connectivity index (χ2v) is 8.84. The molecule has 0 unspecified atom stereocenters. The van der Waals surface area contributed by atoms with Gasteiger partial charge in [0.05, 0.1) is 5.92 Å². The fraction of sp³-hybridized carbons (Fsp3) is 0.222. The quantitative estimate of drug-likeness (QED) is 0.491. The molecule has 0 saturated carbocycles. The molecule has 180 valence electrons. The minimum atomic E-state index is -0.402. The lowest BCUT2D eigenvalue weighted by atomic mass is 10.1. The van der Waals surface area contributed by atoms with Crippen LogP contribution in [0.1, 0.15) is 17.5 Å². The molecule has 0 spiro atoms. The second kappa shape index (κ2) is 11.1. The number of nitrogens with zero attached hydrogens (tertiary/aromatic N) is 1. The van der Waals surface area contributed by atoms with Crippen molar-refractivity contribution in [2.75, 3.05) is 23.4 Å². The summed E-state index contributed by atoms with van der Waals surface area (Å²) in [6.45, 7) is 2.46. The monoisotopic (exact) mass is 491 g/mol. The van der Waals surface area contributed by atoms with Crippen LogP contribution in [0.15, 0.2) is 72.8 Å². The largest absolute Gasteiger partial charge is 0.484 e. The predicted octanol–water partition coefficient (Wildman–Crippen LogP) is 4.34. The van der Waals surface area contributed by atoms with Crippen molar-refractivity contribution in [1.29, 1.82) is 0 Å². The van der Waals surface area contributed by atoms with Crippen molar-refractivity contribution in [3.63, 3.8) is 0 Å². The maximum atomic E-state index is 12.6. The van der Waals surface area contributed by atoms with E-state index in [9.17, 15) is 14.4 Å². The zero-order valence-electron chi connectivity index (χ0n) is 19.3. The normalized spacial score (nSPS) is 15.1. The van der Waals surface area contributed by atoms with E-state index < -0.39 is 5.92 Å². The number of carbonyl (C=O) groups is 3. The highest BCUT2D eigenvalue weighted by molar-refractivity contribution is 6.31. The average molecular weight is 492 g/mol. The maximum Gasteiger partial charge on any atom is 0.262 e. The Bertz CT molecular complexity index is 1210. The van der Waals surface area contributed by atoms with Crippen LogP contribution in [0.25, 0.3) is 0 Å². The first-order valence-corrected chi connectivity index (χ1v) is 11.7. The summed E-state index contributed by atoms with van der Waals surface area (Å²) in [5.41, 5.74) is 3.22. The van der Waals surface area contributed by atoms with Crippen LogP contribution in [0.4, 0.5) is 11.4 Å². The highest BCUT2D eigenvalue weighted by Crippen LogP contribution is 2.27. The van der Waals surface area contributed by atoms with Crippen LogP contribution >= 0.6 is 11.6 Å². The van der Waals surface area contributed by atoms with Gasteiger partial charge >= 0.3 is 0 Å². The number of amides is 3. The number of nitrogens with one attached hydrogen (secondary N) is 2. The zero-order valence-corrected chi connectivity index (χ0v) is 20.0. The zero-order chi connectivity index (χ0) is 24.8. The first kappa shape index (κ1) is 24.3. The third-order valence-corrected chi connectivity index (χ3v) is 6.03. The second-order valence-electron chi connectivity index (χ2n) is 8.40. The Kier molecular flexibility index (Phi) is 7.67. The molecule has 2 N–H and O–H groups in total. The van der Waals surface area contributed by atoms with Gasteiger partial charge in [0.15, 0.2) is 6.61 Å². The standard InChI is InChI=1S/C27H26ClN3O4/c1-18-7-8-21(28)14-24(18)30-25(32)17-35-23-11-9-22(10-12-23)31-16-20(13-26(31)33)27(34)29-15-19-5-3-2-4-6-19/h2-12,14,20H,13,15-17H2,1H3,(H,29,34)(H,30,32)/t20-/m0/s1. The molecule has 1 fully saturated rings. The number of hydrogen-bond donors (Lipinski definition) is 2. The van der Waals surface area contributed by atoms with E-state index in [0.717, 1.165) is 11.1 Å². The molecule has 0 bridgehead atoms. The van der Waals surface area contributed by atoms with Crippen molar-refractivity contribution < 1.29 is 19.1 Å². The highest BCUT2D eigenvalue weighted by Gasteiger charge is 2.35. The number of anilines is 2. The van der Waals surface area contributed by atoms with Crippen LogP contribution in [0.3, 0.4) is 0 Å². The first-order chi connectivity index (χ1) is 16.9. The molecule has 1 saturated heterocycles. The van der Waals surface area contributed by atoms with Gasteiger partial charge in [-0.2, -0.15) is 0 Å². The molecule has 1 aliphatic heterocycles. The molecule has 8 heteroatoms. The fourth-order valence-corrected chi connectivity index (χ4v) is 4.02. The van der Waals surface area contributed by atoms with Crippen molar-refractivity contribution in [3.8, 4) is 5.75 Å². The Hall–Kier alpha value is -3.84. The van der Waals surface area contributed by atoms with Gasteiger partial charge in [0.1, 0.15) is 5.75 Å². The highest BCUT2D eigenvalue weighted by atomic mass is 35.5. The molecule has 7 nitrogen and oxygen atoms in total. The summed E-state index contributed by atoms with van der Waals surface area (Å²) >= 11 is 5.99. The van der Waals surface area contributed by atoms with Crippen molar-refractivity contribution in [2.24, 2.45) is 5.92 Å². The number of aryl methyl sites for hydroxylation is 1. The average Bonchev–Trinajstić information content (AvgIpc) is 3.26. The van der Waals surface area contributed by atoms with Gasteiger partial charge in [0.2, 0.25) is 11.8 Å². The Labute approximate surface area is 209 Å². The SMILES string of the molecule is Cc1ccc(Cl)cc1NC(=O)COc1ccc(N2C[C@@H](C(=O)NCc3ccccc3)CC2=O)cc1. The van der Waals surface area contributed by atoms with Gasteiger partial charge in [-0.05, 0) is 54.4 Å². The lowest BCUT2D eigenvalue weighted by Crippen LogP contribution is -2.32. The van der Waals surface area contributed by atoms with Gasteiger partial charge in [0.25, 0.3) is 5.91 Å². The molecule has 35 heavy (non-hydrogen) atoms. The minimum Gasteiger partial charge on any atom is -0.484 e. The van der Waals surface area contributed by atoms with E-state index in [0.29, 0.717) is 35.2 Å². The Morgan fingerprint density at radius 1 is 1.06 bits per heavy atom. The molecular weight excluding hydrogens is 466 g/mol. The molecule has 1 aliphatic rings. The lowest BCUT2D eigenvalue weighted by molar-refractivity contribution is -0.126. The van der Waals surface area contributed by atoms with Crippen LogP contribution in [-0.2, 0) is 20.9 Å². The molecule has 3 aromatic carbocycles. The summed E-state index contributed by atoms with van der Waals surface area (Å²) in [7, 11) is 0. The van der Waals surface area contributed by atoms with Crippen LogP contribution in [-0.4, -0.2) is 30.9 Å². The number of halogens is 1. The molecule has 1 heterocycles. The van der Waals surface area contributed by atoms with E-state index in [1.165, 1.54) is 0 Å². The summed E-state index contributed by atoms with van der Waals surface area (Å²) in [6.07, 6.45) is 0.169. The van der Waals surface area contributed by atoms with Gasteiger partial charge in [-0.1, -0.05) is 48.0 Å². The molecular formula is C27H26ClN3O4. The summed E-state index contributed by atoms with van der Waals surface area (Å²) in [5.74, 6) is -0.449. The summed E-state index contributed by atoms with van der Waals surface area (Å²) in [4.78, 5) is 38.9. The van der Waals surface area contributed by atoms with Crippen LogP contribution in [0.2, 0.25) is 5.02 Å². The topological polar surface area (TPSA) is 87.7 Å². The van der Waals surface area contributed by atoms with Crippen LogP contribution in [0.5, 0.6) is 5.75 Å². The Balaban J connectivity index is 1.28. The Morgan fingerprint density at radius 3 is 2.54 bits per heavy atom. The van der Waals surface area contributed by atoms with Crippen molar-refractivity contribution >= 4 is 40.7 Å². The number of carbonyl (C=O) groups excluding carboxylic acids is 3. The van der Waals surface area contributed by atoms with E-state index in [1.54, 1.807) is 41.3 Å². The van der Waals surface area contributed by atoms with Crippen LogP contribution < -0.4 is 20.3 Å². The molecule has 1 atom stereocenters. The molecule has 0 aromatic heterocycles. The van der Waals surface area contributed by atoms with Crippen molar-refractivity contribution in [2.45, 2.75) is 19.9 Å². The van der Waals surface area contributed by atoms with Gasteiger partial charge in [-0.15, -0.1) is 0 Å². The predicted molar refractivity (Wildman–Crippen MR) is 136 cm³/mol. The van der Waals surface area contributed by atoms with E-state index in [1.807, 2.05) is 43.3 Å². The number of hydrogen-bond acceptors (Lipinski definition) is 4. The van der Waals surface area contributed by atoms with E-state index in [4.69, 9.17) is 16.3 Å². The van der Waals surface area contributed by atoms with Gasteiger partial charge in [-0.25, -0.2) is 0 Å². The van der Waals surface area contributed by atoms with Gasteiger partial charge in [-0.3, -0.25) is 14.4 Å². The number of rotatable bonds is 8. The third kappa shape index (κ3) is 6.39. The molecule has 3 aromatic rings. The molecule has 0 aliphatic carbocycles. The molecule has 3 amide bonds. The minimum absolute atomic E-state index is 0.102. The van der Waals surface area contributed by atoms with E-state index in [2.05, 4.69) is 10.6 Å². The lowest BCUT2D eigenvalue weighted by Gasteiger charge is -2.17. The summed E-state index contributed by atoms with van der Waals surface area (Å²) < 4.78 is 5.58. The maximum absolute atomic E-state index is 12.6. The van der Waals surface area contributed by atoms with Crippen molar-refractivity contribution in [3.05, 3.63) is 88.9 Å². The van der Waals surface area contributed by atoms with E-state index in [-0.39, 0.29) is 30.7 Å². The van der Waals surface area contributed by atoms with E-state index >= 15 is 0 Å².